The van der Waals surface area contributed by atoms with Gasteiger partial charge < -0.3 is 19.4 Å². The van der Waals surface area contributed by atoms with Crippen molar-refractivity contribution in [2.75, 3.05) is 13.1 Å². The van der Waals surface area contributed by atoms with Crippen molar-refractivity contribution in [2.45, 2.75) is 25.5 Å². The maximum absolute atomic E-state index is 12.9. The topological polar surface area (TPSA) is 102 Å². The van der Waals surface area contributed by atoms with Gasteiger partial charge in [0, 0.05) is 18.7 Å². The lowest BCUT2D eigenvalue weighted by atomic mass is 10.1. The molecule has 9 nitrogen and oxygen atoms in total. The third kappa shape index (κ3) is 5.24. The van der Waals surface area contributed by atoms with Crippen LogP contribution >= 0.6 is 0 Å². The molecular formula is C30H27N5O4. The molecule has 1 atom stereocenters. The second kappa shape index (κ2) is 10.8. The number of carbonyl (C=O) groups is 1. The molecule has 0 saturated carbocycles. The van der Waals surface area contributed by atoms with Crippen molar-refractivity contribution in [1.29, 1.82) is 0 Å². The highest BCUT2D eigenvalue weighted by Crippen LogP contribution is 2.31. The normalized spacial score (nSPS) is 15.3. The predicted octanol–water partition coefficient (Wildman–Crippen LogP) is 5.55. The highest BCUT2D eigenvalue weighted by molar-refractivity contribution is 5.90. The molecule has 1 N–H and O–H groups in total. The molecule has 0 spiro atoms. The van der Waals surface area contributed by atoms with Gasteiger partial charge in [-0.05, 0) is 54.8 Å². The molecule has 6 rings (SSSR count). The number of piperidine rings is 1. The van der Waals surface area contributed by atoms with Crippen molar-refractivity contribution in [3.63, 3.8) is 0 Å². The minimum atomic E-state index is -0.361. The SMILES string of the molecule is O=C(OCc1ccccc1)N1CCCC(n2nc(-c3ccc(Oc4ccccc4)cc3)c3c(=O)[nH]cnc32)C1. The first-order valence-electron chi connectivity index (χ1n) is 12.9. The zero-order valence-electron chi connectivity index (χ0n) is 21.2. The predicted molar refractivity (Wildman–Crippen MR) is 147 cm³/mol. The van der Waals surface area contributed by atoms with Crippen molar-refractivity contribution >= 4 is 17.1 Å². The average Bonchev–Trinajstić information content (AvgIpc) is 3.38. The Morgan fingerprint density at radius 2 is 1.67 bits per heavy atom. The number of aromatic nitrogens is 4. The molecule has 9 heteroatoms. The summed E-state index contributed by atoms with van der Waals surface area (Å²) in [4.78, 5) is 34.6. The lowest BCUT2D eigenvalue weighted by Gasteiger charge is -2.32. The summed E-state index contributed by atoms with van der Waals surface area (Å²) in [5, 5.41) is 5.27. The van der Waals surface area contributed by atoms with Gasteiger partial charge in [0.15, 0.2) is 5.65 Å². The largest absolute Gasteiger partial charge is 0.457 e. The van der Waals surface area contributed by atoms with Crippen LogP contribution in [0.3, 0.4) is 0 Å². The van der Waals surface area contributed by atoms with E-state index in [2.05, 4.69) is 9.97 Å². The molecule has 0 bridgehead atoms. The summed E-state index contributed by atoms with van der Waals surface area (Å²) in [7, 11) is 0. The number of fused-ring (bicyclic) bond motifs is 1. The third-order valence-electron chi connectivity index (χ3n) is 6.81. The fourth-order valence-electron chi connectivity index (χ4n) is 4.88. The number of likely N-dealkylation sites (tertiary alicyclic amines) is 1. The first-order valence-corrected chi connectivity index (χ1v) is 12.9. The van der Waals surface area contributed by atoms with Crippen LogP contribution in [-0.4, -0.2) is 43.8 Å². The molecule has 5 aromatic rings. The van der Waals surface area contributed by atoms with E-state index in [0.717, 1.165) is 29.7 Å². The fourth-order valence-corrected chi connectivity index (χ4v) is 4.88. The first kappa shape index (κ1) is 24.4. The molecule has 0 radical (unpaired) electrons. The number of nitrogens with one attached hydrogen (secondary N) is 1. The number of carbonyl (C=O) groups excluding carboxylic acids is 1. The molecule has 196 valence electrons. The van der Waals surface area contributed by atoms with Crippen LogP contribution in [0.4, 0.5) is 4.79 Å². The van der Waals surface area contributed by atoms with Gasteiger partial charge in [-0.25, -0.2) is 14.5 Å². The maximum Gasteiger partial charge on any atom is 0.410 e. The quantitative estimate of drug-likeness (QED) is 0.314. The Morgan fingerprint density at radius 1 is 0.949 bits per heavy atom. The van der Waals surface area contributed by atoms with E-state index in [0.29, 0.717) is 35.6 Å². The molecule has 2 aromatic heterocycles. The maximum atomic E-state index is 12.9. The molecule has 1 unspecified atom stereocenters. The van der Waals surface area contributed by atoms with E-state index in [-0.39, 0.29) is 24.3 Å². The van der Waals surface area contributed by atoms with Crippen LogP contribution in [0.2, 0.25) is 0 Å². The summed E-state index contributed by atoms with van der Waals surface area (Å²) in [5.41, 5.74) is 2.47. The van der Waals surface area contributed by atoms with Gasteiger partial charge in [0.05, 0.1) is 12.4 Å². The highest BCUT2D eigenvalue weighted by Gasteiger charge is 2.29. The van der Waals surface area contributed by atoms with Crippen molar-refractivity contribution in [3.05, 3.63) is 107 Å². The summed E-state index contributed by atoms with van der Waals surface area (Å²) < 4.78 is 13.3. The van der Waals surface area contributed by atoms with Crippen LogP contribution in [0.5, 0.6) is 11.5 Å². The standard InChI is InChI=1S/C30H27N5O4/c36-29-26-27(22-13-15-25(16-14-22)39-24-11-5-2-6-12-24)33-35(28(26)31-20-32-29)23-10-7-17-34(18-23)30(37)38-19-21-8-3-1-4-9-21/h1-6,8-9,11-16,20,23H,7,10,17-19H2,(H,31,32,36). The van der Waals surface area contributed by atoms with Crippen molar-refractivity contribution in [3.8, 4) is 22.8 Å². The molecular weight excluding hydrogens is 494 g/mol. The van der Waals surface area contributed by atoms with Gasteiger partial charge in [0.25, 0.3) is 5.56 Å². The van der Waals surface area contributed by atoms with Gasteiger partial charge in [-0.2, -0.15) is 5.10 Å². The zero-order chi connectivity index (χ0) is 26.6. The number of rotatable bonds is 6. The molecule has 3 aromatic carbocycles. The number of benzene rings is 3. The van der Waals surface area contributed by atoms with E-state index in [4.69, 9.17) is 14.6 Å². The van der Waals surface area contributed by atoms with E-state index in [1.54, 1.807) is 9.58 Å². The van der Waals surface area contributed by atoms with Crippen LogP contribution in [0.1, 0.15) is 24.4 Å². The molecule has 39 heavy (non-hydrogen) atoms. The molecule has 3 heterocycles. The Morgan fingerprint density at radius 3 is 2.44 bits per heavy atom. The van der Waals surface area contributed by atoms with Crippen LogP contribution in [0.15, 0.2) is 96.1 Å². The first-order chi connectivity index (χ1) is 19.2. The molecule has 0 aliphatic carbocycles. The van der Waals surface area contributed by atoms with Gasteiger partial charge in [-0.3, -0.25) is 4.79 Å². The van der Waals surface area contributed by atoms with Crippen LogP contribution in [-0.2, 0) is 11.3 Å². The number of H-pyrrole nitrogens is 1. The lowest BCUT2D eigenvalue weighted by Crippen LogP contribution is -2.41. The molecule has 1 saturated heterocycles. The molecule has 1 aliphatic rings. The fraction of sp³-hybridized carbons (Fsp3) is 0.200. The number of ether oxygens (including phenoxy) is 2. The molecule has 1 fully saturated rings. The van der Waals surface area contributed by atoms with Crippen LogP contribution in [0.25, 0.3) is 22.3 Å². The molecule has 1 aliphatic heterocycles. The minimum absolute atomic E-state index is 0.144. The number of hydrogen-bond acceptors (Lipinski definition) is 6. The van der Waals surface area contributed by atoms with Crippen molar-refractivity contribution in [1.82, 2.24) is 24.6 Å². The van der Waals surface area contributed by atoms with Gasteiger partial charge in [0.2, 0.25) is 0 Å². The summed E-state index contributed by atoms with van der Waals surface area (Å²) in [6.45, 7) is 1.24. The van der Waals surface area contributed by atoms with E-state index in [9.17, 15) is 9.59 Å². The summed E-state index contributed by atoms with van der Waals surface area (Å²) in [6, 6.07) is 26.5. The summed E-state index contributed by atoms with van der Waals surface area (Å²) in [6.07, 6.45) is 2.62. The van der Waals surface area contributed by atoms with Gasteiger partial charge >= 0.3 is 6.09 Å². The zero-order valence-corrected chi connectivity index (χ0v) is 21.2. The summed E-state index contributed by atoms with van der Waals surface area (Å²) in [5.74, 6) is 1.42. The Labute approximate surface area is 224 Å². The molecule has 1 amide bonds. The Bertz CT molecular complexity index is 1630. The summed E-state index contributed by atoms with van der Waals surface area (Å²) >= 11 is 0. The second-order valence-electron chi connectivity index (χ2n) is 9.45. The third-order valence-corrected chi connectivity index (χ3v) is 6.81. The number of aromatic amines is 1. The van der Waals surface area contributed by atoms with E-state index in [1.165, 1.54) is 6.33 Å². The highest BCUT2D eigenvalue weighted by atomic mass is 16.6. The Balaban J connectivity index is 1.24. The van der Waals surface area contributed by atoms with Crippen LogP contribution < -0.4 is 10.3 Å². The number of amides is 1. The second-order valence-corrected chi connectivity index (χ2v) is 9.45. The van der Waals surface area contributed by atoms with Gasteiger partial charge in [-0.15, -0.1) is 0 Å². The monoisotopic (exact) mass is 521 g/mol. The Kier molecular flexibility index (Phi) is 6.78. The number of hydrogen-bond donors (Lipinski definition) is 1. The van der Waals surface area contributed by atoms with Gasteiger partial charge in [0.1, 0.15) is 29.2 Å². The van der Waals surface area contributed by atoms with E-state index in [1.807, 2.05) is 84.9 Å². The number of para-hydroxylation sites is 1. The minimum Gasteiger partial charge on any atom is -0.457 e. The average molecular weight is 522 g/mol. The number of nitrogens with zero attached hydrogens (tertiary/aromatic N) is 4. The smallest absolute Gasteiger partial charge is 0.410 e. The Hall–Kier alpha value is -4.92. The van der Waals surface area contributed by atoms with Crippen molar-refractivity contribution in [2.24, 2.45) is 0 Å². The lowest BCUT2D eigenvalue weighted by molar-refractivity contribution is 0.0793. The van der Waals surface area contributed by atoms with Crippen LogP contribution in [0, 0.1) is 0 Å². The van der Waals surface area contributed by atoms with Gasteiger partial charge in [-0.1, -0.05) is 48.5 Å². The van der Waals surface area contributed by atoms with E-state index < -0.39 is 0 Å². The van der Waals surface area contributed by atoms with E-state index >= 15 is 0 Å². The van der Waals surface area contributed by atoms with Crippen molar-refractivity contribution < 1.29 is 14.3 Å².